The lowest BCUT2D eigenvalue weighted by molar-refractivity contribution is -0.137. The van der Waals surface area contributed by atoms with Crippen molar-refractivity contribution in [3.05, 3.63) is 54.1 Å². The van der Waals surface area contributed by atoms with Crippen molar-refractivity contribution in [3.8, 4) is 0 Å². The van der Waals surface area contributed by atoms with E-state index in [1.54, 1.807) is 12.1 Å². The molecular formula is C22H26F3N3O4S. The first-order valence-electron chi connectivity index (χ1n) is 10.1. The molecule has 7 nitrogen and oxygen atoms in total. The standard InChI is InChI=1S/C22H26F3N3O4S/c1-15(2)11-12-28(33(31,32)20-6-4-5-17(13-20)22(23,24)25)14-21(30)27-19-9-7-18(8-10-19)26-16(3)29/h4-10,13,15H,11-12,14H2,1-3H3,(H,26,29)(H,27,30). The number of hydrogen-bond donors (Lipinski definition) is 2. The molecule has 2 amide bonds. The number of anilines is 2. The number of carbonyl (C=O) groups is 2. The molecule has 0 spiro atoms. The largest absolute Gasteiger partial charge is 0.416 e. The van der Waals surface area contributed by atoms with Crippen molar-refractivity contribution in [2.24, 2.45) is 5.92 Å². The zero-order valence-corrected chi connectivity index (χ0v) is 19.3. The molecule has 0 aliphatic carbocycles. The molecule has 2 aromatic carbocycles. The topological polar surface area (TPSA) is 95.6 Å². The predicted octanol–water partition coefficient (Wildman–Crippen LogP) is 4.34. The van der Waals surface area contributed by atoms with Crippen LogP contribution in [0.4, 0.5) is 24.5 Å². The lowest BCUT2D eigenvalue weighted by atomic mass is 10.1. The van der Waals surface area contributed by atoms with Crippen LogP contribution >= 0.6 is 0 Å². The number of benzene rings is 2. The first-order valence-corrected chi connectivity index (χ1v) is 11.6. The quantitative estimate of drug-likeness (QED) is 0.552. The first-order chi connectivity index (χ1) is 15.3. The highest BCUT2D eigenvalue weighted by Crippen LogP contribution is 2.31. The lowest BCUT2D eigenvalue weighted by Crippen LogP contribution is -2.39. The minimum Gasteiger partial charge on any atom is -0.326 e. The Balaban J connectivity index is 2.23. The summed E-state index contributed by atoms with van der Waals surface area (Å²) in [6.07, 6.45) is -4.29. The van der Waals surface area contributed by atoms with Crippen molar-refractivity contribution >= 4 is 33.2 Å². The van der Waals surface area contributed by atoms with Gasteiger partial charge in [-0.1, -0.05) is 19.9 Å². The van der Waals surface area contributed by atoms with Gasteiger partial charge in [-0.25, -0.2) is 8.42 Å². The third-order valence-corrected chi connectivity index (χ3v) is 6.41. The Morgan fingerprint density at radius 1 is 1.00 bits per heavy atom. The fraction of sp³-hybridized carbons (Fsp3) is 0.364. The van der Waals surface area contributed by atoms with Crippen molar-refractivity contribution in [3.63, 3.8) is 0 Å². The average Bonchev–Trinajstić information content (AvgIpc) is 2.71. The van der Waals surface area contributed by atoms with E-state index in [4.69, 9.17) is 0 Å². The number of amides is 2. The van der Waals surface area contributed by atoms with Crippen molar-refractivity contribution in [2.45, 2.75) is 38.3 Å². The fourth-order valence-electron chi connectivity index (χ4n) is 2.87. The summed E-state index contributed by atoms with van der Waals surface area (Å²) in [6.45, 7) is 4.48. The number of hydrogen-bond acceptors (Lipinski definition) is 4. The van der Waals surface area contributed by atoms with E-state index < -0.39 is 39.1 Å². The molecule has 0 fully saturated rings. The second kappa shape index (κ2) is 10.8. The Bertz CT molecular complexity index is 1080. The summed E-state index contributed by atoms with van der Waals surface area (Å²) >= 11 is 0. The number of alkyl halides is 3. The zero-order valence-electron chi connectivity index (χ0n) is 18.4. The Labute approximate surface area is 191 Å². The summed E-state index contributed by atoms with van der Waals surface area (Å²) in [6, 6.07) is 9.63. The maximum atomic E-state index is 13.1. The molecule has 0 radical (unpaired) electrons. The van der Waals surface area contributed by atoms with Crippen LogP contribution in [-0.2, 0) is 25.8 Å². The minimum absolute atomic E-state index is 0.0366. The summed E-state index contributed by atoms with van der Waals surface area (Å²) in [5.41, 5.74) is -0.198. The predicted molar refractivity (Wildman–Crippen MR) is 119 cm³/mol. The average molecular weight is 486 g/mol. The van der Waals surface area contributed by atoms with Gasteiger partial charge < -0.3 is 10.6 Å². The molecule has 2 rings (SSSR count). The molecule has 0 saturated carbocycles. The van der Waals surface area contributed by atoms with Crippen molar-refractivity contribution < 1.29 is 31.2 Å². The van der Waals surface area contributed by atoms with Crippen molar-refractivity contribution in [1.29, 1.82) is 0 Å². The highest BCUT2D eigenvalue weighted by molar-refractivity contribution is 7.89. The van der Waals surface area contributed by atoms with Crippen LogP contribution < -0.4 is 10.6 Å². The van der Waals surface area contributed by atoms with Gasteiger partial charge >= 0.3 is 6.18 Å². The van der Waals surface area contributed by atoms with Crippen LogP contribution in [0.25, 0.3) is 0 Å². The first kappa shape index (κ1) is 26.3. The molecular weight excluding hydrogens is 459 g/mol. The molecule has 0 atom stereocenters. The van der Waals surface area contributed by atoms with E-state index in [1.807, 2.05) is 13.8 Å². The molecule has 2 aromatic rings. The molecule has 0 bridgehead atoms. The van der Waals surface area contributed by atoms with E-state index in [1.165, 1.54) is 19.1 Å². The monoisotopic (exact) mass is 485 g/mol. The summed E-state index contributed by atoms with van der Waals surface area (Å²) in [7, 11) is -4.36. The van der Waals surface area contributed by atoms with Crippen molar-refractivity contribution in [1.82, 2.24) is 4.31 Å². The normalized spacial score (nSPS) is 12.1. The molecule has 0 unspecified atom stereocenters. The number of rotatable bonds is 9. The van der Waals surface area contributed by atoms with Crippen LogP contribution in [0.1, 0.15) is 32.8 Å². The van der Waals surface area contributed by atoms with Gasteiger partial charge in [-0.15, -0.1) is 0 Å². The second-order valence-electron chi connectivity index (χ2n) is 7.85. The van der Waals surface area contributed by atoms with Gasteiger partial charge in [0.15, 0.2) is 0 Å². The van der Waals surface area contributed by atoms with Crippen LogP contribution in [0.15, 0.2) is 53.4 Å². The number of halogens is 3. The molecule has 0 aliphatic heterocycles. The van der Waals surface area contributed by atoms with Gasteiger partial charge in [-0.2, -0.15) is 17.5 Å². The van der Waals surface area contributed by atoms with E-state index in [0.717, 1.165) is 22.5 Å². The van der Waals surface area contributed by atoms with Crippen LogP contribution in [0.2, 0.25) is 0 Å². The van der Waals surface area contributed by atoms with Gasteiger partial charge in [-0.3, -0.25) is 9.59 Å². The van der Waals surface area contributed by atoms with Crippen molar-refractivity contribution in [2.75, 3.05) is 23.7 Å². The highest BCUT2D eigenvalue weighted by atomic mass is 32.2. The molecule has 0 aliphatic rings. The van der Waals surface area contributed by atoms with E-state index in [0.29, 0.717) is 23.9 Å². The fourth-order valence-corrected chi connectivity index (χ4v) is 4.33. The van der Waals surface area contributed by atoms with Gasteiger partial charge in [0, 0.05) is 24.8 Å². The van der Waals surface area contributed by atoms with Gasteiger partial charge in [0.2, 0.25) is 21.8 Å². The molecule has 33 heavy (non-hydrogen) atoms. The number of nitrogens with zero attached hydrogens (tertiary/aromatic N) is 1. The summed E-state index contributed by atoms with van der Waals surface area (Å²) < 4.78 is 66.3. The third-order valence-electron chi connectivity index (χ3n) is 4.56. The van der Waals surface area contributed by atoms with Gasteiger partial charge in [0.1, 0.15) is 0 Å². The van der Waals surface area contributed by atoms with Crippen LogP contribution in [-0.4, -0.2) is 37.6 Å². The Morgan fingerprint density at radius 3 is 2.09 bits per heavy atom. The molecule has 0 heterocycles. The van der Waals surface area contributed by atoms with E-state index >= 15 is 0 Å². The third kappa shape index (κ3) is 7.86. The van der Waals surface area contributed by atoms with Gasteiger partial charge in [0.05, 0.1) is 17.0 Å². The van der Waals surface area contributed by atoms with E-state index in [2.05, 4.69) is 10.6 Å². The summed E-state index contributed by atoms with van der Waals surface area (Å²) in [4.78, 5) is 23.1. The zero-order chi connectivity index (χ0) is 24.8. The Hall–Kier alpha value is -2.92. The number of carbonyl (C=O) groups excluding carboxylic acids is 2. The molecule has 0 aromatic heterocycles. The second-order valence-corrected chi connectivity index (χ2v) is 9.79. The summed E-state index contributed by atoms with van der Waals surface area (Å²) in [5, 5.41) is 5.14. The number of nitrogens with one attached hydrogen (secondary N) is 2. The van der Waals surface area contributed by atoms with Gasteiger partial charge in [0.25, 0.3) is 0 Å². The maximum absolute atomic E-state index is 13.1. The highest BCUT2D eigenvalue weighted by Gasteiger charge is 2.33. The maximum Gasteiger partial charge on any atom is 0.416 e. The molecule has 11 heteroatoms. The smallest absolute Gasteiger partial charge is 0.326 e. The van der Waals surface area contributed by atoms with Crippen LogP contribution in [0, 0.1) is 5.92 Å². The van der Waals surface area contributed by atoms with E-state index in [-0.39, 0.29) is 18.4 Å². The molecule has 2 N–H and O–H groups in total. The Morgan fingerprint density at radius 2 is 1.58 bits per heavy atom. The minimum atomic E-state index is -4.70. The Kier molecular flexibility index (Phi) is 8.62. The van der Waals surface area contributed by atoms with E-state index in [9.17, 15) is 31.2 Å². The molecule has 180 valence electrons. The van der Waals surface area contributed by atoms with Gasteiger partial charge in [-0.05, 0) is 54.8 Å². The SMILES string of the molecule is CC(=O)Nc1ccc(NC(=O)CN(CCC(C)C)S(=O)(=O)c2cccc(C(F)(F)F)c2)cc1. The summed E-state index contributed by atoms with van der Waals surface area (Å²) in [5.74, 6) is -0.803. The number of sulfonamides is 1. The van der Waals surface area contributed by atoms with Crippen LogP contribution in [0.3, 0.4) is 0 Å². The van der Waals surface area contributed by atoms with Crippen LogP contribution in [0.5, 0.6) is 0 Å². The molecule has 0 saturated heterocycles. The lowest BCUT2D eigenvalue weighted by Gasteiger charge is -2.23.